The first-order valence-electron chi connectivity index (χ1n) is 3.13. The van der Waals surface area contributed by atoms with Crippen LogP contribution in [0.2, 0.25) is 0 Å². The van der Waals surface area contributed by atoms with Gasteiger partial charge in [-0.15, -0.1) is 17.0 Å². The summed E-state index contributed by atoms with van der Waals surface area (Å²) in [5, 5.41) is 7.47. The molecule has 0 amide bonds. The van der Waals surface area contributed by atoms with Crippen LogP contribution in [0, 0.1) is 5.41 Å². The highest BCUT2D eigenvalue weighted by Gasteiger charge is 1.96. The number of thiazole rings is 1. The van der Waals surface area contributed by atoms with E-state index in [1.54, 1.807) is 7.11 Å². The van der Waals surface area contributed by atoms with Crippen molar-refractivity contribution in [2.24, 2.45) is 0 Å². The van der Waals surface area contributed by atoms with E-state index in [0.717, 1.165) is 10.3 Å². The summed E-state index contributed by atoms with van der Waals surface area (Å²) in [5.74, 6) is 0. The van der Waals surface area contributed by atoms with Crippen molar-refractivity contribution < 1.29 is 4.74 Å². The Kier molecular flexibility index (Phi) is 6.08. The van der Waals surface area contributed by atoms with Crippen LogP contribution < -0.4 is 4.80 Å². The number of hydrogen-bond acceptors (Lipinski definition) is 3. The molecule has 1 heterocycles. The van der Waals surface area contributed by atoms with Gasteiger partial charge in [0.15, 0.2) is 4.80 Å². The van der Waals surface area contributed by atoms with E-state index in [9.17, 15) is 0 Å². The summed E-state index contributed by atoms with van der Waals surface area (Å²) in [4.78, 5) is 0.550. The summed E-state index contributed by atoms with van der Waals surface area (Å²) >= 11 is 4.72. The maximum atomic E-state index is 7.47. The normalized spacial score (nSPS) is 9.50. The number of ether oxygens (including phenoxy) is 1. The van der Waals surface area contributed by atoms with E-state index in [0.29, 0.717) is 11.4 Å². The Labute approximate surface area is 93.8 Å². The summed E-state index contributed by atoms with van der Waals surface area (Å²) in [7, 11) is 1.66. The van der Waals surface area contributed by atoms with Crippen molar-refractivity contribution in [2.45, 2.75) is 6.54 Å². The standard InChI is InChI=1S/C6H9BrN2OS.BrH/c1-10-3-2-9-4-5(7)11-6(9)8;/h4,8H,2-3H2,1H3;1H. The number of nitrogens with one attached hydrogen (secondary N) is 1. The minimum absolute atomic E-state index is 0. The molecule has 1 aromatic heterocycles. The van der Waals surface area contributed by atoms with Gasteiger partial charge in [0.2, 0.25) is 0 Å². The highest BCUT2D eigenvalue weighted by atomic mass is 79.9. The third-order valence-electron chi connectivity index (χ3n) is 1.25. The molecule has 1 N–H and O–H groups in total. The lowest BCUT2D eigenvalue weighted by Gasteiger charge is -1.98. The highest BCUT2D eigenvalue weighted by molar-refractivity contribution is 9.11. The van der Waals surface area contributed by atoms with E-state index < -0.39 is 0 Å². The number of rotatable bonds is 3. The van der Waals surface area contributed by atoms with Gasteiger partial charge < -0.3 is 9.30 Å². The summed E-state index contributed by atoms with van der Waals surface area (Å²) in [6.07, 6.45) is 1.89. The number of nitrogens with zero attached hydrogens (tertiary/aromatic N) is 1. The predicted octanol–water partition coefficient (Wildman–Crippen LogP) is 2.02. The Morgan fingerprint density at radius 1 is 1.75 bits per heavy atom. The summed E-state index contributed by atoms with van der Waals surface area (Å²) < 4.78 is 7.73. The molecule has 6 heteroatoms. The summed E-state index contributed by atoms with van der Waals surface area (Å²) in [5.41, 5.74) is 0. The lowest BCUT2D eigenvalue weighted by Crippen LogP contribution is -2.14. The van der Waals surface area contributed by atoms with Gasteiger partial charge in [0, 0.05) is 19.9 Å². The third kappa shape index (κ3) is 3.38. The number of halogens is 2. The molecule has 0 aromatic carbocycles. The van der Waals surface area contributed by atoms with Crippen molar-refractivity contribution in [3.63, 3.8) is 0 Å². The molecule has 1 rings (SSSR count). The topological polar surface area (TPSA) is 38.0 Å². The fraction of sp³-hybridized carbons (Fsp3) is 0.500. The zero-order chi connectivity index (χ0) is 8.27. The lowest BCUT2D eigenvalue weighted by atomic mass is 10.6. The average molecular weight is 318 g/mol. The molecule has 0 radical (unpaired) electrons. The number of methoxy groups -OCH3 is 1. The molecule has 12 heavy (non-hydrogen) atoms. The second kappa shape index (κ2) is 5.90. The lowest BCUT2D eigenvalue weighted by molar-refractivity contribution is 0.186. The zero-order valence-electron chi connectivity index (χ0n) is 6.54. The van der Waals surface area contributed by atoms with Crippen LogP contribution in [-0.2, 0) is 11.3 Å². The highest BCUT2D eigenvalue weighted by Crippen LogP contribution is 2.11. The van der Waals surface area contributed by atoms with Gasteiger partial charge >= 0.3 is 0 Å². The average Bonchev–Trinajstić information content (AvgIpc) is 2.26. The van der Waals surface area contributed by atoms with Gasteiger partial charge in [-0.3, -0.25) is 5.41 Å². The molecule has 1 aromatic rings. The third-order valence-corrected chi connectivity index (χ3v) is 2.67. The maximum Gasteiger partial charge on any atom is 0.183 e. The van der Waals surface area contributed by atoms with E-state index >= 15 is 0 Å². The van der Waals surface area contributed by atoms with Crippen LogP contribution in [0.3, 0.4) is 0 Å². The SMILES string of the molecule is Br.COCCn1cc(Br)sc1=N. The van der Waals surface area contributed by atoms with Gasteiger partial charge in [0.05, 0.1) is 10.4 Å². The Morgan fingerprint density at radius 3 is 2.83 bits per heavy atom. The zero-order valence-corrected chi connectivity index (χ0v) is 10.7. The molecule has 0 saturated carbocycles. The van der Waals surface area contributed by atoms with Crippen molar-refractivity contribution in [1.82, 2.24) is 4.57 Å². The predicted molar refractivity (Wildman–Crippen MR) is 58.1 cm³/mol. The molecule has 0 aliphatic rings. The van der Waals surface area contributed by atoms with Crippen molar-refractivity contribution in [3.8, 4) is 0 Å². The van der Waals surface area contributed by atoms with Crippen LogP contribution >= 0.6 is 44.2 Å². The van der Waals surface area contributed by atoms with E-state index in [4.69, 9.17) is 10.1 Å². The summed E-state index contributed by atoms with van der Waals surface area (Å²) in [6, 6.07) is 0. The van der Waals surface area contributed by atoms with Crippen molar-refractivity contribution in [3.05, 3.63) is 14.8 Å². The molecule has 0 aliphatic heterocycles. The van der Waals surface area contributed by atoms with E-state index in [1.165, 1.54) is 11.3 Å². The van der Waals surface area contributed by atoms with Gasteiger partial charge in [0.25, 0.3) is 0 Å². The molecule has 0 atom stereocenters. The first-order valence-corrected chi connectivity index (χ1v) is 4.74. The van der Waals surface area contributed by atoms with Gasteiger partial charge in [-0.25, -0.2) is 0 Å². The van der Waals surface area contributed by atoms with Gasteiger partial charge in [-0.05, 0) is 15.9 Å². The second-order valence-corrected chi connectivity index (χ2v) is 4.44. The Morgan fingerprint density at radius 2 is 2.42 bits per heavy atom. The Bertz CT molecular complexity index is 283. The smallest absolute Gasteiger partial charge is 0.183 e. The van der Waals surface area contributed by atoms with Crippen LogP contribution in [0.1, 0.15) is 0 Å². The fourth-order valence-corrected chi connectivity index (χ4v) is 2.05. The molecule has 0 bridgehead atoms. The van der Waals surface area contributed by atoms with Crippen LogP contribution in [0.25, 0.3) is 0 Å². The van der Waals surface area contributed by atoms with Crippen LogP contribution in [-0.4, -0.2) is 18.3 Å². The number of hydrogen-bond donors (Lipinski definition) is 1. The first kappa shape index (κ1) is 12.3. The largest absolute Gasteiger partial charge is 0.383 e. The van der Waals surface area contributed by atoms with E-state index in [-0.39, 0.29) is 17.0 Å². The van der Waals surface area contributed by atoms with Crippen LogP contribution in [0.4, 0.5) is 0 Å². The van der Waals surface area contributed by atoms with Crippen molar-refractivity contribution in [2.75, 3.05) is 13.7 Å². The van der Waals surface area contributed by atoms with Crippen LogP contribution in [0.5, 0.6) is 0 Å². The molecular weight excluding hydrogens is 308 g/mol. The molecule has 3 nitrogen and oxygen atoms in total. The van der Waals surface area contributed by atoms with E-state index in [2.05, 4.69) is 15.9 Å². The fourth-order valence-electron chi connectivity index (χ4n) is 0.714. The van der Waals surface area contributed by atoms with Gasteiger partial charge in [-0.1, -0.05) is 11.3 Å². The Balaban J connectivity index is 0.00000121. The molecule has 0 unspecified atom stereocenters. The molecule has 0 aliphatic carbocycles. The van der Waals surface area contributed by atoms with E-state index in [1.807, 2.05) is 10.8 Å². The Hall–Kier alpha value is 0.350. The maximum absolute atomic E-state index is 7.47. The molecular formula is C6H10Br2N2OS. The molecule has 0 saturated heterocycles. The molecule has 0 spiro atoms. The van der Waals surface area contributed by atoms with Gasteiger partial charge in [-0.2, -0.15) is 0 Å². The quantitative estimate of drug-likeness (QED) is 0.910. The minimum atomic E-state index is 0. The van der Waals surface area contributed by atoms with Crippen molar-refractivity contribution >= 4 is 44.2 Å². The van der Waals surface area contributed by atoms with Crippen molar-refractivity contribution in [1.29, 1.82) is 5.41 Å². The van der Waals surface area contributed by atoms with Gasteiger partial charge in [0.1, 0.15) is 0 Å². The second-order valence-electron chi connectivity index (χ2n) is 2.03. The number of aromatic nitrogens is 1. The molecule has 0 fully saturated rings. The minimum Gasteiger partial charge on any atom is -0.383 e. The van der Waals surface area contributed by atoms with Crippen LogP contribution in [0.15, 0.2) is 9.98 Å². The first-order chi connectivity index (χ1) is 5.24. The molecule has 70 valence electrons. The summed E-state index contributed by atoms with van der Waals surface area (Å²) in [6.45, 7) is 1.40. The monoisotopic (exact) mass is 316 g/mol.